The molecule has 0 aromatic heterocycles. The van der Waals surface area contributed by atoms with Crippen molar-refractivity contribution in [1.29, 1.82) is 0 Å². The minimum atomic E-state index is -0.350. The van der Waals surface area contributed by atoms with Crippen LogP contribution in [0.15, 0.2) is 11.3 Å². The summed E-state index contributed by atoms with van der Waals surface area (Å²) in [5, 5.41) is 3.14. The SMILES string of the molecule is CCCCN/C(C)=C(/C)C(N)=O. The molecule has 0 bridgehead atoms. The van der Waals surface area contributed by atoms with Crippen LogP contribution in [0, 0.1) is 0 Å². The number of hydrogen-bond acceptors (Lipinski definition) is 2. The summed E-state index contributed by atoms with van der Waals surface area (Å²) in [6, 6.07) is 0. The molecule has 0 unspecified atom stereocenters. The molecule has 0 aromatic carbocycles. The zero-order valence-corrected chi connectivity index (χ0v) is 8.11. The van der Waals surface area contributed by atoms with Gasteiger partial charge in [0.05, 0.1) is 0 Å². The highest BCUT2D eigenvalue weighted by Gasteiger charge is 2.01. The van der Waals surface area contributed by atoms with E-state index in [1.165, 1.54) is 0 Å². The summed E-state index contributed by atoms with van der Waals surface area (Å²) < 4.78 is 0. The molecule has 0 rings (SSSR count). The van der Waals surface area contributed by atoms with E-state index in [1.807, 2.05) is 6.92 Å². The molecule has 1 amide bonds. The Morgan fingerprint density at radius 2 is 2.00 bits per heavy atom. The lowest BCUT2D eigenvalue weighted by Gasteiger charge is -2.07. The van der Waals surface area contributed by atoms with Crippen molar-refractivity contribution in [2.45, 2.75) is 33.6 Å². The van der Waals surface area contributed by atoms with Gasteiger partial charge in [-0.3, -0.25) is 4.79 Å². The average molecular weight is 170 g/mol. The molecule has 0 aliphatic carbocycles. The Labute approximate surface area is 74.0 Å². The number of amides is 1. The van der Waals surface area contributed by atoms with Crippen molar-refractivity contribution in [3.8, 4) is 0 Å². The third-order valence-corrected chi connectivity index (χ3v) is 1.85. The van der Waals surface area contributed by atoms with E-state index in [2.05, 4.69) is 12.2 Å². The van der Waals surface area contributed by atoms with Gasteiger partial charge in [0, 0.05) is 17.8 Å². The van der Waals surface area contributed by atoms with Gasteiger partial charge in [0.15, 0.2) is 0 Å². The molecule has 0 saturated carbocycles. The van der Waals surface area contributed by atoms with Crippen molar-refractivity contribution in [2.24, 2.45) is 5.73 Å². The van der Waals surface area contributed by atoms with E-state index >= 15 is 0 Å². The van der Waals surface area contributed by atoms with Crippen molar-refractivity contribution in [3.05, 3.63) is 11.3 Å². The second-order valence-corrected chi connectivity index (χ2v) is 2.89. The summed E-state index contributed by atoms with van der Waals surface area (Å²) in [6.45, 7) is 6.64. The Hall–Kier alpha value is -0.990. The minimum Gasteiger partial charge on any atom is -0.388 e. The van der Waals surface area contributed by atoms with Gasteiger partial charge in [-0.25, -0.2) is 0 Å². The Morgan fingerprint density at radius 1 is 1.42 bits per heavy atom. The molecule has 3 heteroatoms. The molecule has 0 aromatic rings. The van der Waals surface area contributed by atoms with Gasteiger partial charge in [0.2, 0.25) is 5.91 Å². The molecule has 0 atom stereocenters. The summed E-state index contributed by atoms with van der Waals surface area (Å²) >= 11 is 0. The van der Waals surface area contributed by atoms with Crippen LogP contribution in [0.3, 0.4) is 0 Å². The Kier molecular flexibility index (Phi) is 5.17. The Bertz CT molecular complexity index is 185. The maximum Gasteiger partial charge on any atom is 0.246 e. The van der Waals surface area contributed by atoms with Gasteiger partial charge in [-0.05, 0) is 20.3 Å². The van der Waals surface area contributed by atoms with E-state index < -0.39 is 0 Å². The van der Waals surface area contributed by atoms with Crippen molar-refractivity contribution >= 4 is 5.91 Å². The predicted molar refractivity (Wildman–Crippen MR) is 50.5 cm³/mol. The maximum absolute atomic E-state index is 10.7. The van der Waals surface area contributed by atoms with Crippen molar-refractivity contribution in [1.82, 2.24) is 5.32 Å². The van der Waals surface area contributed by atoms with E-state index in [0.717, 1.165) is 25.1 Å². The van der Waals surface area contributed by atoms with E-state index in [4.69, 9.17) is 5.73 Å². The molecule has 0 spiro atoms. The zero-order chi connectivity index (χ0) is 9.56. The van der Waals surface area contributed by atoms with Gasteiger partial charge in [-0.2, -0.15) is 0 Å². The summed E-state index contributed by atoms with van der Waals surface area (Å²) in [5.41, 5.74) is 6.61. The standard InChI is InChI=1S/C9H18N2O/c1-4-5-6-11-8(3)7(2)9(10)12/h11H,4-6H2,1-3H3,(H2,10,12)/b8-7-. The normalized spacial score (nSPS) is 12.2. The van der Waals surface area contributed by atoms with Crippen molar-refractivity contribution in [2.75, 3.05) is 6.54 Å². The van der Waals surface area contributed by atoms with Gasteiger partial charge >= 0.3 is 0 Å². The van der Waals surface area contributed by atoms with Crippen LogP contribution in [0.5, 0.6) is 0 Å². The molecule has 3 nitrogen and oxygen atoms in total. The van der Waals surface area contributed by atoms with E-state index in [-0.39, 0.29) is 5.91 Å². The summed E-state index contributed by atoms with van der Waals surface area (Å²) in [7, 11) is 0. The highest BCUT2D eigenvalue weighted by Crippen LogP contribution is 1.98. The molecule has 0 aliphatic heterocycles. The lowest BCUT2D eigenvalue weighted by atomic mass is 10.2. The van der Waals surface area contributed by atoms with Crippen LogP contribution in [-0.2, 0) is 4.79 Å². The van der Waals surface area contributed by atoms with E-state index in [0.29, 0.717) is 5.57 Å². The summed E-state index contributed by atoms with van der Waals surface area (Å²) in [5.74, 6) is -0.350. The zero-order valence-electron chi connectivity index (χ0n) is 8.11. The fraction of sp³-hybridized carbons (Fsp3) is 0.667. The first-order valence-corrected chi connectivity index (χ1v) is 4.30. The average Bonchev–Trinajstić information content (AvgIpc) is 2.03. The monoisotopic (exact) mass is 170 g/mol. The van der Waals surface area contributed by atoms with Crippen molar-refractivity contribution in [3.63, 3.8) is 0 Å². The van der Waals surface area contributed by atoms with Gasteiger partial charge in [-0.1, -0.05) is 13.3 Å². The van der Waals surface area contributed by atoms with Gasteiger partial charge in [0.1, 0.15) is 0 Å². The molecule has 0 aliphatic rings. The van der Waals surface area contributed by atoms with Crippen LogP contribution in [0.25, 0.3) is 0 Å². The number of nitrogens with one attached hydrogen (secondary N) is 1. The van der Waals surface area contributed by atoms with Crippen LogP contribution in [0.2, 0.25) is 0 Å². The van der Waals surface area contributed by atoms with Gasteiger partial charge < -0.3 is 11.1 Å². The first-order chi connectivity index (χ1) is 5.59. The number of nitrogens with two attached hydrogens (primary N) is 1. The highest BCUT2D eigenvalue weighted by molar-refractivity contribution is 5.91. The molecular weight excluding hydrogens is 152 g/mol. The van der Waals surface area contributed by atoms with Gasteiger partial charge in [-0.15, -0.1) is 0 Å². The van der Waals surface area contributed by atoms with Crippen LogP contribution in [0.1, 0.15) is 33.6 Å². The number of hydrogen-bond donors (Lipinski definition) is 2. The lowest BCUT2D eigenvalue weighted by Crippen LogP contribution is -2.20. The first kappa shape index (κ1) is 11.0. The lowest BCUT2D eigenvalue weighted by molar-refractivity contribution is -0.114. The topological polar surface area (TPSA) is 55.1 Å². The smallest absolute Gasteiger partial charge is 0.246 e. The summed E-state index contributed by atoms with van der Waals surface area (Å²) in [4.78, 5) is 10.7. The number of unbranched alkanes of at least 4 members (excludes halogenated alkanes) is 1. The molecule has 0 fully saturated rings. The van der Waals surface area contributed by atoms with Gasteiger partial charge in [0.25, 0.3) is 0 Å². The molecule has 12 heavy (non-hydrogen) atoms. The second kappa shape index (κ2) is 5.63. The predicted octanol–water partition coefficient (Wildman–Crippen LogP) is 1.16. The molecule has 0 radical (unpaired) electrons. The van der Waals surface area contributed by atoms with E-state index in [9.17, 15) is 4.79 Å². The summed E-state index contributed by atoms with van der Waals surface area (Å²) in [6.07, 6.45) is 2.26. The number of carbonyl (C=O) groups excluding carboxylic acids is 1. The van der Waals surface area contributed by atoms with Crippen LogP contribution in [-0.4, -0.2) is 12.5 Å². The molecule has 0 saturated heterocycles. The first-order valence-electron chi connectivity index (χ1n) is 4.30. The van der Waals surface area contributed by atoms with Crippen LogP contribution >= 0.6 is 0 Å². The number of primary amides is 1. The minimum absolute atomic E-state index is 0.350. The maximum atomic E-state index is 10.7. The van der Waals surface area contributed by atoms with Crippen molar-refractivity contribution < 1.29 is 4.79 Å². The molecular formula is C9H18N2O. The second-order valence-electron chi connectivity index (χ2n) is 2.89. The Balaban J connectivity index is 3.91. The number of rotatable bonds is 5. The Morgan fingerprint density at radius 3 is 2.42 bits per heavy atom. The van der Waals surface area contributed by atoms with Crippen LogP contribution < -0.4 is 11.1 Å². The third-order valence-electron chi connectivity index (χ3n) is 1.85. The third kappa shape index (κ3) is 4.01. The fourth-order valence-electron chi connectivity index (χ4n) is 0.770. The van der Waals surface area contributed by atoms with E-state index in [1.54, 1.807) is 6.92 Å². The molecule has 70 valence electrons. The van der Waals surface area contributed by atoms with Crippen LogP contribution in [0.4, 0.5) is 0 Å². The highest BCUT2D eigenvalue weighted by atomic mass is 16.1. The number of carbonyl (C=O) groups is 1. The molecule has 3 N–H and O–H groups in total. The quantitative estimate of drug-likeness (QED) is 0.480. The number of allylic oxidation sites excluding steroid dienone is 1. The molecule has 0 heterocycles. The fourth-order valence-corrected chi connectivity index (χ4v) is 0.770. The largest absolute Gasteiger partial charge is 0.388 e.